The molecule has 2 heterocycles. The molecule has 0 radical (unpaired) electrons. The van der Waals surface area contributed by atoms with Crippen molar-refractivity contribution in [2.24, 2.45) is 5.92 Å². The Kier molecular flexibility index (Phi) is 3.73. The molecule has 6 atom stereocenters. The van der Waals surface area contributed by atoms with Crippen LogP contribution in [0.2, 0.25) is 0 Å². The lowest BCUT2D eigenvalue weighted by Gasteiger charge is -2.68. The van der Waals surface area contributed by atoms with Gasteiger partial charge in [-0.3, -0.25) is 0 Å². The minimum absolute atomic E-state index is 0. The van der Waals surface area contributed by atoms with Crippen molar-refractivity contribution < 1.29 is 30.2 Å². The van der Waals surface area contributed by atoms with Crippen molar-refractivity contribution in [2.75, 3.05) is 13.1 Å². The second kappa shape index (κ2) is 5.61. The highest BCUT2D eigenvalue weighted by Gasteiger charge is 2.75. The van der Waals surface area contributed by atoms with Crippen molar-refractivity contribution in [3.05, 3.63) is 28.5 Å². The van der Waals surface area contributed by atoms with E-state index in [1.807, 2.05) is 6.07 Å². The van der Waals surface area contributed by atoms with Crippen LogP contribution in [0.1, 0.15) is 49.7 Å². The monoisotopic (exact) mass is 391 g/mol. The normalized spacial score (nSPS) is 45.5. The number of aromatic hydroxyl groups is 1. The fourth-order valence-electron chi connectivity index (χ4n) is 7.11. The van der Waals surface area contributed by atoms with Gasteiger partial charge in [0, 0.05) is 24.3 Å². The van der Waals surface area contributed by atoms with Gasteiger partial charge in [0.2, 0.25) is 0 Å². The molecule has 28 heavy (non-hydrogen) atoms. The zero-order valence-electron chi connectivity index (χ0n) is 15.9. The van der Waals surface area contributed by atoms with E-state index in [0.29, 0.717) is 50.4 Å². The summed E-state index contributed by atoms with van der Waals surface area (Å²) in [5, 5.41) is 47.2. The van der Waals surface area contributed by atoms with Gasteiger partial charge in [-0.2, -0.15) is 0 Å². The van der Waals surface area contributed by atoms with E-state index in [1.165, 1.54) is 6.42 Å². The Morgan fingerprint density at radius 2 is 2.00 bits per heavy atom. The number of rotatable bonds is 2. The van der Waals surface area contributed by atoms with Crippen LogP contribution in [0.25, 0.3) is 0 Å². The number of piperidine rings is 1. The van der Waals surface area contributed by atoms with E-state index in [0.717, 1.165) is 24.0 Å². The van der Waals surface area contributed by atoms with Gasteiger partial charge in [-0.1, -0.05) is 12.5 Å². The lowest BCUT2D eigenvalue weighted by atomic mass is 9.48. The van der Waals surface area contributed by atoms with E-state index in [2.05, 4.69) is 0 Å². The first-order valence-corrected chi connectivity index (χ1v) is 10.4. The summed E-state index contributed by atoms with van der Waals surface area (Å²) in [4.78, 5) is 0. The Morgan fingerprint density at radius 1 is 1.21 bits per heavy atom. The van der Waals surface area contributed by atoms with E-state index in [1.54, 1.807) is 6.07 Å². The molecule has 7 heteroatoms. The van der Waals surface area contributed by atoms with Gasteiger partial charge < -0.3 is 35.4 Å². The number of hydrogen-bond acceptors (Lipinski definition) is 5. The Morgan fingerprint density at radius 3 is 2.71 bits per heavy atom. The summed E-state index contributed by atoms with van der Waals surface area (Å²) < 4.78 is 5.78. The number of nitrogens with zero attached hydrogens (tertiary/aromatic N) is 1. The Labute approximate surface area is 164 Å². The molecular weight excluding hydrogens is 362 g/mol. The van der Waals surface area contributed by atoms with E-state index >= 15 is 0 Å². The third-order valence-corrected chi connectivity index (χ3v) is 8.55. The largest absolute Gasteiger partial charge is 0.632 e. The summed E-state index contributed by atoms with van der Waals surface area (Å²) in [6.45, 7) is 1.04. The molecule has 2 bridgehead atoms. The molecule has 2 aliphatic heterocycles. The number of aliphatic hydroxyl groups is 2. The summed E-state index contributed by atoms with van der Waals surface area (Å²) in [5.74, 6) is 0.954. The van der Waals surface area contributed by atoms with Gasteiger partial charge >= 0.3 is 0 Å². The summed E-state index contributed by atoms with van der Waals surface area (Å²) in [6, 6.07) is 3.09. The maximum Gasteiger partial charge on any atom is 0.165 e. The number of likely N-dealkylation sites (tertiary alicyclic amines) is 1. The lowest BCUT2D eigenvalue weighted by Crippen LogP contribution is -2.81. The average Bonchev–Trinajstić information content (AvgIpc) is 2.97. The Hall–Kier alpha value is -1.38. The van der Waals surface area contributed by atoms with Crippen molar-refractivity contribution >= 4 is 0 Å². The van der Waals surface area contributed by atoms with Crippen LogP contribution in [0.5, 0.6) is 11.5 Å². The summed E-state index contributed by atoms with van der Waals surface area (Å²) in [5.41, 5.74) is -0.101. The van der Waals surface area contributed by atoms with E-state index < -0.39 is 29.3 Å². The predicted octanol–water partition coefficient (Wildman–Crippen LogP) is 0.895. The second-order valence-corrected chi connectivity index (χ2v) is 9.61. The quantitative estimate of drug-likeness (QED) is 0.510. The van der Waals surface area contributed by atoms with Crippen LogP contribution < -0.4 is 4.74 Å². The van der Waals surface area contributed by atoms with Crippen molar-refractivity contribution in [1.82, 2.24) is 0 Å². The van der Waals surface area contributed by atoms with Crippen molar-refractivity contribution in [2.45, 2.75) is 74.2 Å². The van der Waals surface area contributed by atoms with E-state index in [-0.39, 0.29) is 15.9 Å². The van der Waals surface area contributed by atoms with Crippen LogP contribution in [-0.2, 0) is 11.8 Å². The number of hydroxylamine groups is 3. The first kappa shape index (κ1) is 18.6. The van der Waals surface area contributed by atoms with Gasteiger partial charge in [-0.15, -0.1) is 0 Å². The SMILES string of the molecule is O.[O-][N+]1(CC2CCC2)CC[C@]23c4c5ccc(O)c4O[C@H]2[C@@H](O)CC[C@@]3(O)[C@H]1C5. The summed E-state index contributed by atoms with van der Waals surface area (Å²) in [6.07, 6.45) is 4.03. The first-order valence-electron chi connectivity index (χ1n) is 10.4. The smallest absolute Gasteiger partial charge is 0.165 e. The predicted molar refractivity (Wildman–Crippen MR) is 101 cm³/mol. The minimum Gasteiger partial charge on any atom is -0.632 e. The zero-order chi connectivity index (χ0) is 18.6. The highest BCUT2D eigenvalue weighted by molar-refractivity contribution is 5.62. The van der Waals surface area contributed by atoms with Crippen LogP contribution in [0, 0.1) is 11.1 Å². The molecule has 6 rings (SSSR count). The zero-order valence-corrected chi connectivity index (χ0v) is 15.9. The molecule has 1 aromatic rings. The van der Waals surface area contributed by atoms with E-state index in [9.17, 15) is 20.5 Å². The molecule has 154 valence electrons. The molecule has 5 aliphatic rings. The van der Waals surface area contributed by atoms with Gasteiger partial charge in [-0.05, 0) is 37.3 Å². The molecular formula is C21H29NO6. The summed E-state index contributed by atoms with van der Waals surface area (Å²) in [7, 11) is 0. The average molecular weight is 391 g/mol. The van der Waals surface area contributed by atoms with Crippen molar-refractivity contribution in [3.63, 3.8) is 0 Å². The second-order valence-electron chi connectivity index (χ2n) is 9.61. The van der Waals surface area contributed by atoms with Gasteiger partial charge in [-0.25, -0.2) is 0 Å². The van der Waals surface area contributed by atoms with Crippen molar-refractivity contribution in [3.8, 4) is 11.5 Å². The third-order valence-electron chi connectivity index (χ3n) is 8.55. The Bertz CT molecular complexity index is 827. The lowest BCUT2D eigenvalue weighted by molar-refractivity contribution is -0.926. The topological polar surface area (TPSA) is 124 Å². The minimum atomic E-state index is -1.19. The fourth-order valence-corrected chi connectivity index (χ4v) is 7.11. The van der Waals surface area contributed by atoms with Crippen LogP contribution >= 0.6 is 0 Å². The van der Waals surface area contributed by atoms with Gasteiger partial charge in [0.05, 0.1) is 24.6 Å². The molecule has 1 spiro atoms. The van der Waals surface area contributed by atoms with E-state index in [4.69, 9.17) is 4.74 Å². The molecule has 5 N–H and O–H groups in total. The number of hydrogen-bond donors (Lipinski definition) is 3. The number of phenolic OH excluding ortho intramolecular Hbond substituents is 1. The molecule has 2 saturated carbocycles. The number of quaternary nitrogens is 1. The van der Waals surface area contributed by atoms with Gasteiger partial charge in [0.1, 0.15) is 17.7 Å². The molecule has 1 aromatic carbocycles. The summed E-state index contributed by atoms with van der Waals surface area (Å²) >= 11 is 0. The molecule has 3 fully saturated rings. The molecule has 1 unspecified atom stereocenters. The molecule has 0 aromatic heterocycles. The van der Waals surface area contributed by atoms with Gasteiger partial charge in [0.25, 0.3) is 0 Å². The first-order chi connectivity index (χ1) is 12.9. The number of ether oxygens (including phenoxy) is 1. The molecule has 7 nitrogen and oxygen atoms in total. The number of phenols is 1. The molecule has 1 saturated heterocycles. The van der Waals surface area contributed by atoms with Gasteiger partial charge in [0.15, 0.2) is 11.5 Å². The highest BCUT2D eigenvalue weighted by atomic mass is 16.6. The Balaban J connectivity index is 0.00000171. The molecule has 3 aliphatic carbocycles. The number of aliphatic hydroxyl groups excluding tert-OH is 1. The standard InChI is InChI=1S/C21H27NO5.H2O/c23-14-5-4-13-10-16-21(25)7-6-15(24)19-20(21,17(13)18(14)27-19)8-9-22(16,26)11-12-2-1-3-12;/h4-5,12,15-16,19,23-25H,1-3,6-11H2;1H2/t15-,16+,19-,20-,21+,22?;/m0./s1. The number of benzene rings is 1. The maximum absolute atomic E-state index is 14.0. The van der Waals surface area contributed by atoms with Crippen molar-refractivity contribution in [1.29, 1.82) is 0 Å². The molecule has 0 amide bonds. The highest BCUT2D eigenvalue weighted by Crippen LogP contribution is 2.66. The van der Waals surface area contributed by atoms with Crippen LogP contribution in [0.3, 0.4) is 0 Å². The maximum atomic E-state index is 14.0. The third kappa shape index (κ3) is 1.92. The fraction of sp³-hybridized carbons (Fsp3) is 0.714. The van der Waals surface area contributed by atoms with Crippen LogP contribution in [0.4, 0.5) is 0 Å². The van der Waals surface area contributed by atoms with Crippen LogP contribution in [0.15, 0.2) is 12.1 Å². The van der Waals surface area contributed by atoms with Crippen LogP contribution in [-0.4, -0.2) is 62.4 Å².